The molecule has 5 nitrogen and oxygen atoms in total. The number of aromatic nitrogens is 1. The average molecular weight is 254 g/mol. The Morgan fingerprint density at radius 2 is 2.29 bits per heavy atom. The highest BCUT2D eigenvalue weighted by Crippen LogP contribution is 2.42. The van der Waals surface area contributed by atoms with E-state index in [-0.39, 0.29) is 5.91 Å². The number of hydrogen-bond acceptors (Lipinski definition) is 4. The SMILES string of the molecule is CN(Cc1cscn1)C(=O)C1(C(=O)O)CCC1. The van der Waals surface area contributed by atoms with Crippen LogP contribution in [-0.2, 0) is 16.1 Å². The fourth-order valence-electron chi connectivity index (χ4n) is 2.05. The van der Waals surface area contributed by atoms with Gasteiger partial charge in [-0.25, -0.2) is 4.98 Å². The molecule has 0 atom stereocenters. The minimum atomic E-state index is -1.18. The van der Waals surface area contributed by atoms with Crippen molar-refractivity contribution in [1.82, 2.24) is 9.88 Å². The average Bonchev–Trinajstić information content (AvgIpc) is 2.67. The van der Waals surface area contributed by atoms with Crippen LogP contribution in [0.2, 0.25) is 0 Å². The minimum Gasteiger partial charge on any atom is -0.480 e. The topological polar surface area (TPSA) is 70.5 Å². The van der Waals surface area contributed by atoms with Gasteiger partial charge in [-0.1, -0.05) is 6.42 Å². The molecule has 0 unspecified atom stereocenters. The molecule has 1 aromatic heterocycles. The molecule has 1 saturated carbocycles. The van der Waals surface area contributed by atoms with Crippen molar-refractivity contribution in [3.8, 4) is 0 Å². The highest BCUT2D eigenvalue weighted by molar-refractivity contribution is 7.07. The number of amides is 1. The Balaban J connectivity index is 2.06. The molecule has 1 N–H and O–H groups in total. The van der Waals surface area contributed by atoms with Crippen LogP contribution in [0.3, 0.4) is 0 Å². The van der Waals surface area contributed by atoms with E-state index in [1.54, 1.807) is 12.6 Å². The van der Waals surface area contributed by atoms with E-state index in [4.69, 9.17) is 5.11 Å². The van der Waals surface area contributed by atoms with Gasteiger partial charge in [-0.05, 0) is 12.8 Å². The van der Waals surface area contributed by atoms with Crippen LogP contribution in [0.4, 0.5) is 0 Å². The number of hydrogen-bond donors (Lipinski definition) is 1. The molecule has 92 valence electrons. The van der Waals surface area contributed by atoms with E-state index in [1.165, 1.54) is 16.2 Å². The fraction of sp³-hybridized carbons (Fsp3) is 0.545. The zero-order valence-electron chi connectivity index (χ0n) is 9.55. The molecule has 6 heteroatoms. The highest BCUT2D eigenvalue weighted by Gasteiger charge is 2.52. The standard InChI is InChI=1S/C11H14N2O3S/c1-13(5-8-6-17-7-12-8)9(14)11(10(15)16)3-2-4-11/h6-7H,2-5H2,1H3,(H,15,16). The van der Waals surface area contributed by atoms with Crippen molar-refractivity contribution in [2.24, 2.45) is 5.41 Å². The first-order valence-corrected chi connectivity index (χ1v) is 6.36. The summed E-state index contributed by atoms with van der Waals surface area (Å²) in [7, 11) is 1.63. The van der Waals surface area contributed by atoms with Gasteiger partial charge < -0.3 is 10.0 Å². The number of carbonyl (C=O) groups is 2. The quantitative estimate of drug-likeness (QED) is 0.823. The van der Waals surface area contributed by atoms with Gasteiger partial charge in [-0.15, -0.1) is 11.3 Å². The molecule has 0 aliphatic heterocycles. The van der Waals surface area contributed by atoms with Gasteiger partial charge in [0.05, 0.1) is 17.7 Å². The summed E-state index contributed by atoms with van der Waals surface area (Å²) in [5.74, 6) is -1.30. The lowest BCUT2D eigenvalue weighted by molar-refractivity contribution is -0.167. The molecular formula is C11H14N2O3S. The summed E-state index contributed by atoms with van der Waals surface area (Å²) in [4.78, 5) is 28.9. The van der Waals surface area contributed by atoms with Crippen molar-refractivity contribution in [2.75, 3.05) is 7.05 Å². The second-order valence-corrected chi connectivity index (χ2v) is 5.10. The summed E-state index contributed by atoms with van der Waals surface area (Å²) >= 11 is 1.46. The van der Waals surface area contributed by atoms with E-state index in [9.17, 15) is 9.59 Å². The van der Waals surface area contributed by atoms with Crippen molar-refractivity contribution in [1.29, 1.82) is 0 Å². The molecule has 1 heterocycles. The van der Waals surface area contributed by atoms with Crippen LogP contribution in [0.1, 0.15) is 25.0 Å². The molecule has 0 spiro atoms. The summed E-state index contributed by atoms with van der Waals surface area (Å²) < 4.78 is 0. The summed E-state index contributed by atoms with van der Waals surface area (Å²) in [6, 6.07) is 0. The fourth-order valence-corrected chi connectivity index (χ4v) is 2.59. The van der Waals surface area contributed by atoms with Crippen molar-refractivity contribution >= 4 is 23.2 Å². The Morgan fingerprint density at radius 1 is 1.59 bits per heavy atom. The number of thiazole rings is 1. The monoisotopic (exact) mass is 254 g/mol. The van der Waals surface area contributed by atoms with E-state index >= 15 is 0 Å². The molecule has 1 aromatic rings. The second-order valence-electron chi connectivity index (χ2n) is 4.38. The maximum absolute atomic E-state index is 12.1. The molecule has 1 aliphatic rings. The highest BCUT2D eigenvalue weighted by atomic mass is 32.1. The van der Waals surface area contributed by atoms with Crippen LogP contribution in [0.5, 0.6) is 0 Å². The number of rotatable bonds is 4. The van der Waals surface area contributed by atoms with Gasteiger partial charge in [0.25, 0.3) is 0 Å². The summed E-state index contributed by atoms with van der Waals surface area (Å²) in [6.07, 6.45) is 1.70. The first-order valence-electron chi connectivity index (χ1n) is 5.42. The first-order chi connectivity index (χ1) is 8.06. The molecule has 17 heavy (non-hydrogen) atoms. The van der Waals surface area contributed by atoms with Crippen molar-refractivity contribution < 1.29 is 14.7 Å². The molecular weight excluding hydrogens is 240 g/mol. The van der Waals surface area contributed by atoms with Gasteiger partial charge in [-0.3, -0.25) is 9.59 Å². The molecule has 1 amide bonds. The zero-order chi connectivity index (χ0) is 12.5. The van der Waals surface area contributed by atoms with E-state index in [0.717, 1.165) is 12.1 Å². The maximum Gasteiger partial charge on any atom is 0.319 e. The van der Waals surface area contributed by atoms with Crippen LogP contribution in [-0.4, -0.2) is 33.9 Å². The number of aliphatic carboxylic acids is 1. The Bertz CT molecular complexity index is 426. The number of carboxylic acid groups (broad SMARTS) is 1. The summed E-state index contributed by atoms with van der Waals surface area (Å²) in [6.45, 7) is 0.372. The normalized spacial score (nSPS) is 17.2. The largest absolute Gasteiger partial charge is 0.480 e. The van der Waals surface area contributed by atoms with Crippen LogP contribution in [0.15, 0.2) is 10.9 Å². The van der Waals surface area contributed by atoms with E-state index in [2.05, 4.69) is 4.98 Å². The summed E-state index contributed by atoms with van der Waals surface area (Å²) in [5.41, 5.74) is 1.32. The number of carboxylic acids is 1. The van der Waals surface area contributed by atoms with Gasteiger partial charge >= 0.3 is 5.97 Å². The molecule has 1 aliphatic carbocycles. The van der Waals surface area contributed by atoms with Gasteiger partial charge in [0, 0.05) is 12.4 Å². The maximum atomic E-state index is 12.1. The van der Waals surface area contributed by atoms with Crippen LogP contribution < -0.4 is 0 Å². The molecule has 2 rings (SSSR count). The second kappa shape index (κ2) is 4.44. The molecule has 0 aromatic carbocycles. The van der Waals surface area contributed by atoms with Gasteiger partial charge in [-0.2, -0.15) is 0 Å². The van der Waals surface area contributed by atoms with Crippen molar-refractivity contribution in [2.45, 2.75) is 25.8 Å². The van der Waals surface area contributed by atoms with Crippen molar-refractivity contribution in [3.05, 3.63) is 16.6 Å². The zero-order valence-corrected chi connectivity index (χ0v) is 10.4. The van der Waals surface area contributed by atoms with E-state index in [1.807, 2.05) is 5.38 Å². The van der Waals surface area contributed by atoms with Gasteiger partial charge in [0.2, 0.25) is 5.91 Å². The van der Waals surface area contributed by atoms with Crippen LogP contribution >= 0.6 is 11.3 Å². The van der Waals surface area contributed by atoms with Crippen molar-refractivity contribution in [3.63, 3.8) is 0 Å². The lowest BCUT2D eigenvalue weighted by atomic mass is 9.68. The molecule has 0 radical (unpaired) electrons. The van der Waals surface area contributed by atoms with Crippen LogP contribution in [0, 0.1) is 5.41 Å². The van der Waals surface area contributed by atoms with Gasteiger partial charge in [0.1, 0.15) is 5.41 Å². The van der Waals surface area contributed by atoms with Gasteiger partial charge in [0.15, 0.2) is 0 Å². The Labute approximate surface area is 103 Å². The Morgan fingerprint density at radius 3 is 2.71 bits per heavy atom. The minimum absolute atomic E-state index is 0.302. The molecule has 0 saturated heterocycles. The number of nitrogens with zero attached hydrogens (tertiary/aromatic N) is 2. The number of carbonyl (C=O) groups excluding carboxylic acids is 1. The lowest BCUT2D eigenvalue weighted by Crippen LogP contribution is -2.51. The predicted molar refractivity (Wildman–Crippen MR) is 62.5 cm³/mol. The van der Waals surface area contributed by atoms with Crippen LogP contribution in [0.25, 0.3) is 0 Å². The third-order valence-electron chi connectivity index (χ3n) is 3.26. The molecule has 1 fully saturated rings. The third kappa shape index (κ3) is 2.04. The lowest BCUT2D eigenvalue weighted by Gasteiger charge is -2.38. The Kier molecular flexibility index (Phi) is 3.15. The summed E-state index contributed by atoms with van der Waals surface area (Å²) in [5, 5.41) is 11.0. The van der Waals surface area contributed by atoms with E-state index < -0.39 is 11.4 Å². The molecule has 0 bridgehead atoms. The third-order valence-corrected chi connectivity index (χ3v) is 3.89. The van der Waals surface area contributed by atoms with E-state index in [0.29, 0.717) is 19.4 Å². The Hall–Kier alpha value is -1.43. The first kappa shape index (κ1) is 12.0. The predicted octanol–water partition coefficient (Wildman–Crippen LogP) is 1.36. The smallest absolute Gasteiger partial charge is 0.319 e.